The molecule has 0 unspecified atom stereocenters. The number of benzene rings is 2. The van der Waals surface area contributed by atoms with Crippen molar-refractivity contribution in [3.05, 3.63) is 41.5 Å². The van der Waals surface area contributed by atoms with Crippen LogP contribution in [0.4, 0.5) is 0 Å². The first-order valence-corrected chi connectivity index (χ1v) is 11.4. The summed E-state index contributed by atoms with van der Waals surface area (Å²) in [4.78, 5) is 0.137. The third-order valence-electron chi connectivity index (χ3n) is 5.02. The standard InChI is InChI=1S/C22H32O3S/c1-3-5-7-9-12-18-14-11-15-19-16-17-20(13-10-8-6-4-2)22(21(18)19)26(23,24)25/h11,14-17H,3-10,12-13H2,1-2H3,(H,23,24,25). The van der Waals surface area contributed by atoms with E-state index in [-0.39, 0.29) is 4.90 Å². The van der Waals surface area contributed by atoms with Crippen LogP contribution in [0.5, 0.6) is 0 Å². The molecule has 0 aliphatic carbocycles. The maximum atomic E-state index is 12.2. The highest BCUT2D eigenvalue weighted by Gasteiger charge is 2.21. The zero-order chi connectivity index (χ0) is 19.0. The number of fused-ring (bicyclic) bond motifs is 1. The van der Waals surface area contributed by atoms with Crippen LogP contribution in [0.2, 0.25) is 0 Å². The van der Waals surface area contributed by atoms with E-state index in [2.05, 4.69) is 13.8 Å². The largest absolute Gasteiger partial charge is 0.295 e. The van der Waals surface area contributed by atoms with Crippen LogP contribution in [-0.2, 0) is 23.0 Å². The normalized spacial score (nSPS) is 12.0. The summed E-state index contributed by atoms with van der Waals surface area (Å²) in [5.74, 6) is 0. The minimum absolute atomic E-state index is 0.137. The highest BCUT2D eigenvalue weighted by atomic mass is 32.2. The number of unbranched alkanes of at least 4 members (excludes halogenated alkanes) is 6. The Bertz CT molecular complexity index is 809. The van der Waals surface area contributed by atoms with Crippen molar-refractivity contribution in [2.75, 3.05) is 0 Å². The number of aryl methyl sites for hydroxylation is 2. The minimum atomic E-state index is -4.26. The molecule has 4 heteroatoms. The molecule has 0 spiro atoms. The van der Waals surface area contributed by atoms with Gasteiger partial charge in [0, 0.05) is 5.39 Å². The second kappa shape index (κ2) is 10.1. The maximum Gasteiger partial charge on any atom is 0.295 e. The lowest BCUT2D eigenvalue weighted by Gasteiger charge is -2.14. The Morgan fingerprint density at radius 2 is 1.38 bits per heavy atom. The summed E-state index contributed by atoms with van der Waals surface area (Å²) >= 11 is 0. The summed E-state index contributed by atoms with van der Waals surface area (Å²) in [6.45, 7) is 4.34. The molecule has 0 amide bonds. The Hall–Kier alpha value is -1.39. The molecule has 3 nitrogen and oxygen atoms in total. The Balaban J connectivity index is 2.43. The van der Waals surface area contributed by atoms with E-state index in [1.165, 1.54) is 12.8 Å². The summed E-state index contributed by atoms with van der Waals surface area (Å²) in [7, 11) is -4.26. The van der Waals surface area contributed by atoms with Crippen LogP contribution in [0.1, 0.15) is 76.3 Å². The molecule has 0 radical (unpaired) electrons. The lowest BCUT2D eigenvalue weighted by molar-refractivity contribution is 0.482. The number of rotatable bonds is 11. The molecule has 0 aliphatic heterocycles. The fraction of sp³-hybridized carbons (Fsp3) is 0.545. The van der Waals surface area contributed by atoms with Crippen LogP contribution >= 0.6 is 0 Å². The highest BCUT2D eigenvalue weighted by Crippen LogP contribution is 2.32. The van der Waals surface area contributed by atoms with Crippen molar-refractivity contribution in [2.45, 2.75) is 83.0 Å². The molecule has 1 N–H and O–H groups in total. The molecule has 26 heavy (non-hydrogen) atoms. The van der Waals surface area contributed by atoms with Gasteiger partial charge in [0.25, 0.3) is 10.1 Å². The van der Waals surface area contributed by atoms with Crippen molar-refractivity contribution in [1.82, 2.24) is 0 Å². The van der Waals surface area contributed by atoms with Gasteiger partial charge >= 0.3 is 0 Å². The van der Waals surface area contributed by atoms with Crippen molar-refractivity contribution in [1.29, 1.82) is 0 Å². The lowest BCUT2D eigenvalue weighted by atomic mass is 9.96. The fourth-order valence-electron chi connectivity index (χ4n) is 3.65. The molecular formula is C22H32O3S. The van der Waals surface area contributed by atoms with Crippen LogP contribution in [0.15, 0.2) is 35.2 Å². The fourth-order valence-corrected chi connectivity index (χ4v) is 4.66. The average Bonchev–Trinajstić information content (AvgIpc) is 2.61. The Morgan fingerprint density at radius 3 is 1.96 bits per heavy atom. The van der Waals surface area contributed by atoms with Crippen molar-refractivity contribution >= 4 is 20.9 Å². The summed E-state index contributed by atoms with van der Waals surface area (Å²) in [5.41, 5.74) is 1.78. The van der Waals surface area contributed by atoms with E-state index in [0.717, 1.165) is 66.8 Å². The SMILES string of the molecule is CCCCCCc1ccc2cccc(CCCCCC)c2c1S(=O)(=O)O. The van der Waals surface area contributed by atoms with Crippen LogP contribution < -0.4 is 0 Å². The Labute approximate surface area is 158 Å². The molecular weight excluding hydrogens is 344 g/mol. The molecule has 0 aromatic heterocycles. The predicted octanol–water partition coefficient (Wildman–Crippen LogP) is 6.33. The van der Waals surface area contributed by atoms with Gasteiger partial charge in [0.1, 0.15) is 4.90 Å². The van der Waals surface area contributed by atoms with Gasteiger partial charge in [-0.05, 0) is 42.2 Å². The quantitative estimate of drug-likeness (QED) is 0.368. The zero-order valence-corrected chi connectivity index (χ0v) is 16.9. The second-order valence-corrected chi connectivity index (χ2v) is 8.52. The van der Waals surface area contributed by atoms with Crippen molar-refractivity contribution in [3.63, 3.8) is 0 Å². The smallest absolute Gasteiger partial charge is 0.282 e. The summed E-state index contributed by atoms with van der Waals surface area (Å²) in [6.07, 6.45) is 10.4. The van der Waals surface area contributed by atoms with E-state index < -0.39 is 10.1 Å². The van der Waals surface area contributed by atoms with Gasteiger partial charge in [-0.15, -0.1) is 0 Å². The third kappa shape index (κ3) is 5.55. The predicted molar refractivity (Wildman–Crippen MR) is 109 cm³/mol. The minimum Gasteiger partial charge on any atom is -0.282 e. The molecule has 0 atom stereocenters. The van der Waals surface area contributed by atoms with E-state index in [1.807, 2.05) is 30.3 Å². The van der Waals surface area contributed by atoms with Crippen molar-refractivity contribution in [3.8, 4) is 0 Å². The summed E-state index contributed by atoms with van der Waals surface area (Å²) in [6, 6.07) is 9.78. The number of hydrogen-bond donors (Lipinski definition) is 1. The third-order valence-corrected chi connectivity index (χ3v) is 6.01. The molecule has 0 fully saturated rings. The molecule has 0 saturated carbocycles. The monoisotopic (exact) mass is 376 g/mol. The number of hydrogen-bond acceptors (Lipinski definition) is 2. The second-order valence-electron chi connectivity index (χ2n) is 7.17. The van der Waals surface area contributed by atoms with Crippen LogP contribution in [-0.4, -0.2) is 13.0 Å². The van der Waals surface area contributed by atoms with E-state index in [9.17, 15) is 13.0 Å². The first-order chi connectivity index (χ1) is 12.5. The maximum absolute atomic E-state index is 12.2. The van der Waals surface area contributed by atoms with Crippen LogP contribution in [0.25, 0.3) is 10.8 Å². The molecule has 144 valence electrons. The summed E-state index contributed by atoms with van der Waals surface area (Å²) < 4.78 is 34.5. The molecule has 0 saturated heterocycles. The van der Waals surface area contributed by atoms with Gasteiger partial charge in [0.15, 0.2) is 0 Å². The van der Waals surface area contributed by atoms with Gasteiger partial charge in [0.05, 0.1) is 0 Å². The molecule has 0 aliphatic rings. The topological polar surface area (TPSA) is 54.4 Å². The van der Waals surface area contributed by atoms with Crippen molar-refractivity contribution in [2.24, 2.45) is 0 Å². The van der Waals surface area contributed by atoms with Gasteiger partial charge in [-0.25, -0.2) is 0 Å². The average molecular weight is 377 g/mol. The van der Waals surface area contributed by atoms with Gasteiger partial charge in [0.2, 0.25) is 0 Å². The molecule has 2 aromatic carbocycles. The molecule has 2 aromatic rings. The van der Waals surface area contributed by atoms with Gasteiger partial charge in [-0.1, -0.05) is 82.7 Å². The van der Waals surface area contributed by atoms with E-state index in [1.54, 1.807) is 0 Å². The zero-order valence-electron chi connectivity index (χ0n) is 16.1. The Kier molecular flexibility index (Phi) is 8.11. The summed E-state index contributed by atoms with van der Waals surface area (Å²) in [5, 5.41) is 1.61. The van der Waals surface area contributed by atoms with Gasteiger partial charge < -0.3 is 0 Å². The Morgan fingerprint density at radius 1 is 0.769 bits per heavy atom. The first kappa shape index (κ1) is 20.9. The van der Waals surface area contributed by atoms with Gasteiger partial charge in [-0.2, -0.15) is 8.42 Å². The highest BCUT2D eigenvalue weighted by molar-refractivity contribution is 7.86. The van der Waals surface area contributed by atoms with Crippen LogP contribution in [0.3, 0.4) is 0 Å². The lowest BCUT2D eigenvalue weighted by Crippen LogP contribution is -2.06. The van der Waals surface area contributed by atoms with Gasteiger partial charge in [-0.3, -0.25) is 4.55 Å². The van der Waals surface area contributed by atoms with Crippen molar-refractivity contribution < 1.29 is 13.0 Å². The molecule has 0 heterocycles. The first-order valence-electron chi connectivity index (χ1n) is 10.00. The van der Waals surface area contributed by atoms with E-state index in [4.69, 9.17) is 0 Å². The molecule has 2 rings (SSSR count). The molecule has 0 bridgehead atoms. The van der Waals surface area contributed by atoms with E-state index in [0.29, 0.717) is 6.42 Å². The van der Waals surface area contributed by atoms with Crippen LogP contribution in [0, 0.1) is 0 Å². The van der Waals surface area contributed by atoms with E-state index >= 15 is 0 Å².